The number of halogens is 3. The van der Waals surface area contributed by atoms with Gasteiger partial charge in [-0.1, -0.05) is 0 Å². The average Bonchev–Trinajstić information content (AvgIpc) is 3.04. The summed E-state index contributed by atoms with van der Waals surface area (Å²) in [5.41, 5.74) is 1.62. The number of nitrogens with one attached hydrogen (secondary N) is 2. The first-order valence-electron chi connectivity index (χ1n) is 6.03. The molecule has 0 aliphatic rings. The number of hydrogen-bond donors (Lipinski definition) is 2. The van der Waals surface area contributed by atoms with Gasteiger partial charge in [0.25, 0.3) is 0 Å². The summed E-state index contributed by atoms with van der Waals surface area (Å²) < 4.78 is 36.4. The minimum Gasteiger partial charge on any atom is -0.346 e. The number of H-pyrrole nitrogens is 1. The van der Waals surface area contributed by atoms with Crippen LogP contribution in [-0.2, 0) is 4.79 Å². The fourth-order valence-electron chi connectivity index (χ4n) is 1.86. The Kier molecular flexibility index (Phi) is 3.53. The van der Waals surface area contributed by atoms with E-state index in [1.165, 1.54) is 6.33 Å². The summed E-state index contributed by atoms with van der Waals surface area (Å²) in [6.45, 7) is 0. The van der Waals surface area contributed by atoms with Gasteiger partial charge in [-0.3, -0.25) is 4.79 Å². The Labute approximate surface area is 126 Å². The molecule has 0 saturated heterocycles. The number of hydrogen-bond acceptors (Lipinski definition) is 5. The number of aromatic nitrogens is 4. The molecule has 0 atom stereocenters. The van der Waals surface area contributed by atoms with Crippen LogP contribution < -0.4 is 5.32 Å². The summed E-state index contributed by atoms with van der Waals surface area (Å²) in [7, 11) is 0. The van der Waals surface area contributed by atoms with E-state index in [9.17, 15) is 18.0 Å². The third-order valence-corrected chi connectivity index (χ3v) is 3.47. The lowest BCUT2D eigenvalue weighted by Crippen LogP contribution is -2.21. The second kappa shape index (κ2) is 5.37. The number of carbonyl (C=O) groups excluding carboxylic acids is 1. The number of carbonyl (C=O) groups is 1. The fraction of sp³-hybridized carbons (Fsp3) is 0.167. The molecule has 22 heavy (non-hydrogen) atoms. The molecule has 6 nitrogen and oxygen atoms in total. The van der Waals surface area contributed by atoms with Crippen molar-refractivity contribution in [1.82, 2.24) is 19.9 Å². The number of amides is 1. The van der Waals surface area contributed by atoms with Crippen molar-refractivity contribution in [2.24, 2.45) is 0 Å². The Morgan fingerprint density at radius 3 is 3.00 bits per heavy atom. The Morgan fingerprint density at radius 2 is 2.23 bits per heavy atom. The van der Waals surface area contributed by atoms with Crippen molar-refractivity contribution in [1.29, 1.82) is 0 Å². The predicted octanol–water partition coefficient (Wildman–Crippen LogP) is 3.22. The van der Waals surface area contributed by atoms with Gasteiger partial charge in [0.05, 0.1) is 0 Å². The number of nitrogens with zero attached hydrogens (tertiary/aromatic N) is 3. The van der Waals surface area contributed by atoms with Crippen LogP contribution in [0, 0.1) is 0 Å². The van der Waals surface area contributed by atoms with Gasteiger partial charge in [-0.2, -0.15) is 13.2 Å². The highest BCUT2D eigenvalue weighted by Crippen LogP contribution is 2.28. The molecule has 0 aromatic carbocycles. The number of alkyl halides is 3. The zero-order valence-corrected chi connectivity index (χ0v) is 11.6. The number of rotatable bonds is 3. The maximum Gasteiger partial charge on any atom is 0.397 e. The van der Waals surface area contributed by atoms with Crippen molar-refractivity contribution in [3.8, 4) is 11.4 Å². The number of anilines is 1. The molecule has 10 heteroatoms. The molecule has 0 bridgehead atoms. The number of aromatic amines is 1. The second-order valence-corrected chi connectivity index (χ2v) is 5.20. The van der Waals surface area contributed by atoms with Gasteiger partial charge < -0.3 is 10.3 Å². The van der Waals surface area contributed by atoms with Crippen molar-refractivity contribution in [2.75, 3.05) is 5.32 Å². The largest absolute Gasteiger partial charge is 0.397 e. The van der Waals surface area contributed by atoms with Gasteiger partial charge in [-0.05, 0) is 6.07 Å². The van der Waals surface area contributed by atoms with Crippen molar-refractivity contribution in [3.05, 3.63) is 24.0 Å². The first-order valence-corrected chi connectivity index (χ1v) is 6.91. The summed E-state index contributed by atoms with van der Waals surface area (Å²) in [5.74, 6) is -1.15. The highest BCUT2D eigenvalue weighted by Gasteiger charge is 2.31. The number of fused-ring (bicyclic) bond motifs is 1. The van der Waals surface area contributed by atoms with Crippen molar-refractivity contribution >= 4 is 33.4 Å². The third-order valence-electron chi connectivity index (χ3n) is 2.71. The maximum atomic E-state index is 12.1. The first kappa shape index (κ1) is 14.4. The van der Waals surface area contributed by atoms with Crippen LogP contribution in [0.4, 0.5) is 18.3 Å². The van der Waals surface area contributed by atoms with Gasteiger partial charge in [-0.15, -0.1) is 11.3 Å². The Morgan fingerprint density at radius 1 is 1.41 bits per heavy atom. The zero-order chi connectivity index (χ0) is 15.7. The van der Waals surface area contributed by atoms with Crippen molar-refractivity contribution in [2.45, 2.75) is 12.6 Å². The molecule has 0 fully saturated rings. The topological polar surface area (TPSA) is 83.6 Å². The standard InChI is InChI=1S/C12H8F3N5OS.H2/c13-12(14,15)3-8(21)20-11-19-7(4-22-11)9-6-1-2-16-10(6)18-5-17-9;/h1-2,4-5H,3H2,(H,16,17,18)(H,19,20,21);1H. The molecule has 0 aliphatic carbocycles. The Balaban J connectivity index is 0.00000192. The monoisotopic (exact) mass is 329 g/mol. The summed E-state index contributed by atoms with van der Waals surface area (Å²) in [6.07, 6.45) is -3.04. The SMILES string of the molecule is O=C(CC(F)(F)F)Nc1nc(-c2ncnc3[nH]ccc23)cs1.[HH]. The molecule has 3 aromatic rings. The Hall–Kier alpha value is -2.49. The highest BCUT2D eigenvalue weighted by atomic mass is 32.1. The van der Waals surface area contributed by atoms with Crippen LogP contribution in [0.5, 0.6) is 0 Å². The van der Waals surface area contributed by atoms with E-state index in [1.54, 1.807) is 17.6 Å². The van der Waals surface area contributed by atoms with Gasteiger partial charge >= 0.3 is 6.18 Å². The van der Waals surface area contributed by atoms with Crippen LogP contribution in [-0.4, -0.2) is 32.0 Å². The lowest BCUT2D eigenvalue weighted by Gasteiger charge is -2.04. The minimum absolute atomic E-state index is 0. The lowest BCUT2D eigenvalue weighted by molar-refractivity contribution is -0.150. The second-order valence-electron chi connectivity index (χ2n) is 4.34. The summed E-state index contributed by atoms with van der Waals surface area (Å²) in [4.78, 5) is 26.4. The molecule has 3 heterocycles. The highest BCUT2D eigenvalue weighted by molar-refractivity contribution is 7.14. The summed E-state index contributed by atoms with van der Waals surface area (Å²) >= 11 is 1.03. The van der Waals surface area contributed by atoms with E-state index in [0.29, 0.717) is 17.0 Å². The van der Waals surface area contributed by atoms with E-state index in [2.05, 4.69) is 25.3 Å². The van der Waals surface area contributed by atoms with E-state index in [1.807, 2.05) is 0 Å². The van der Waals surface area contributed by atoms with E-state index >= 15 is 0 Å². The molecule has 1 amide bonds. The van der Waals surface area contributed by atoms with E-state index in [4.69, 9.17) is 0 Å². The quantitative estimate of drug-likeness (QED) is 0.773. The van der Waals surface area contributed by atoms with Crippen LogP contribution in [0.1, 0.15) is 7.85 Å². The lowest BCUT2D eigenvalue weighted by atomic mass is 10.2. The van der Waals surface area contributed by atoms with Gasteiger partial charge in [0, 0.05) is 18.4 Å². The molecule has 2 N–H and O–H groups in total. The molecule has 3 aromatic heterocycles. The Bertz CT molecular complexity index is 831. The maximum absolute atomic E-state index is 12.1. The number of thiazole rings is 1. The zero-order valence-electron chi connectivity index (χ0n) is 10.8. The van der Waals surface area contributed by atoms with Crippen LogP contribution in [0.2, 0.25) is 0 Å². The predicted molar refractivity (Wildman–Crippen MR) is 76.4 cm³/mol. The van der Waals surface area contributed by atoms with Gasteiger partial charge in [0.2, 0.25) is 5.91 Å². The molecule has 0 unspecified atom stereocenters. The van der Waals surface area contributed by atoms with Crippen LogP contribution in [0.25, 0.3) is 22.4 Å². The van der Waals surface area contributed by atoms with Gasteiger partial charge in [-0.25, -0.2) is 15.0 Å². The van der Waals surface area contributed by atoms with Crippen molar-refractivity contribution < 1.29 is 19.4 Å². The molecular formula is C12H10F3N5OS. The van der Waals surface area contributed by atoms with Gasteiger partial charge in [0.15, 0.2) is 5.13 Å². The van der Waals surface area contributed by atoms with E-state index < -0.39 is 18.5 Å². The molecule has 0 saturated carbocycles. The van der Waals surface area contributed by atoms with Crippen LogP contribution in [0.15, 0.2) is 24.0 Å². The summed E-state index contributed by atoms with van der Waals surface area (Å²) in [6, 6.07) is 1.77. The van der Waals surface area contributed by atoms with E-state index in [-0.39, 0.29) is 6.56 Å². The minimum atomic E-state index is -4.55. The van der Waals surface area contributed by atoms with Crippen molar-refractivity contribution in [3.63, 3.8) is 0 Å². The van der Waals surface area contributed by atoms with Crippen LogP contribution in [0.3, 0.4) is 0 Å². The fourth-order valence-corrected chi connectivity index (χ4v) is 2.57. The molecule has 0 radical (unpaired) electrons. The third kappa shape index (κ3) is 3.06. The van der Waals surface area contributed by atoms with Crippen LogP contribution >= 0.6 is 11.3 Å². The molecule has 0 spiro atoms. The van der Waals surface area contributed by atoms with Gasteiger partial charge in [0.1, 0.15) is 29.8 Å². The molecular weight excluding hydrogens is 319 g/mol. The summed E-state index contributed by atoms with van der Waals surface area (Å²) in [5, 5.41) is 4.56. The smallest absolute Gasteiger partial charge is 0.346 e. The average molecular weight is 329 g/mol. The molecule has 116 valence electrons. The first-order chi connectivity index (χ1) is 10.4. The van der Waals surface area contributed by atoms with E-state index in [0.717, 1.165) is 16.7 Å². The molecule has 0 aliphatic heterocycles. The normalized spacial score (nSPS) is 11.8. The molecule has 3 rings (SSSR count).